The number of alkyl halides is 3. The van der Waals surface area contributed by atoms with Crippen molar-refractivity contribution in [2.75, 3.05) is 13.1 Å². The number of nitrogens with one attached hydrogen (secondary N) is 1. The molecule has 2 fully saturated rings. The molecule has 3 rings (SSSR count). The SMILES string of the molecule is O=S(=O)(NC1CCN(C2CC2)CC1)c1ccc(C(F)(F)F)cc1. The second-order valence-electron chi connectivity index (χ2n) is 6.18. The van der Waals surface area contributed by atoms with Crippen molar-refractivity contribution in [3.8, 4) is 0 Å². The Bertz CT molecular complexity index is 646. The number of nitrogens with zero attached hydrogens (tertiary/aromatic N) is 1. The maximum Gasteiger partial charge on any atom is 0.416 e. The number of hydrogen-bond acceptors (Lipinski definition) is 3. The fraction of sp³-hybridized carbons (Fsp3) is 0.600. The smallest absolute Gasteiger partial charge is 0.300 e. The molecule has 1 saturated carbocycles. The molecule has 128 valence electrons. The van der Waals surface area contributed by atoms with E-state index in [-0.39, 0.29) is 10.9 Å². The van der Waals surface area contributed by atoms with Gasteiger partial charge in [0.1, 0.15) is 0 Å². The molecule has 1 aromatic rings. The van der Waals surface area contributed by atoms with Gasteiger partial charge in [-0.3, -0.25) is 0 Å². The Morgan fingerprint density at radius 2 is 1.57 bits per heavy atom. The molecule has 23 heavy (non-hydrogen) atoms. The van der Waals surface area contributed by atoms with Crippen LogP contribution in [0.1, 0.15) is 31.2 Å². The predicted octanol–water partition coefficient (Wildman–Crippen LogP) is 2.61. The molecule has 0 bridgehead atoms. The third-order valence-corrected chi connectivity index (χ3v) is 5.94. The number of likely N-dealkylation sites (tertiary alicyclic amines) is 1. The molecule has 0 amide bonds. The molecule has 0 atom stereocenters. The Labute approximate surface area is 133 Å². The first-order chi connectivity index (χ1) is 10.8. The lowest BCUT2D eigenvalue weighted by Crippen LogP contribution is -2.45. The summed E-state index contributed by atoms with van der Waals surface area (Å²) in [6.07, 6.45) is -0.554. The van der Waals surface area contributed by atoms with Crippen molar-refractivity contribution < 1.29 is 21.6 Å². The molecule has 1 aliphatic heterocycles. The van der Waals surface area contributed by atoms with E-state index in [9.17, 15) is 21.6 Å². The fourth-order valence-electron chi connectivity index (χ4n) is 2.93. The van der Waals surface area contributed by atoms with Crippen molar-refractivity contribution in [2.24, 2.45) is 0 Å². The molecule has 1 N–H and O–H groups in total. The fourth-order valence-corrected chi connectivity index (χ4v) is 4.24. The first kappa shape index (κ1) is 16.7. The van der Waals surface area contributed by atoms with Crippen LogP contribution < -0.4 is 4.72 Å². The highest BCUT2D eigenvalue weighted by Gasteiger charge is 2.33. The average Bonchev–Trinajstić information content (AvgIpc) is 3.32. The lowest BCUT2D eigenvalue weighted by molar-refractivity contribution is -0.137. The lowest BCUT2D eigenvalue weighted by atomic mass is 10.1. The summed E-state index contributed by atoms with van der Waals surface area (Å²) in [5, 5.41) is 0. The van der Waals surface area contributed by atoms with Gasteiger partial charge in [0.15, 0.2) is 0 Å². The normalized spacial score (nSPS) is 21.5. The van der Waals surface area contributed by atoms with Gasteiger partial charge >= 0.3 is 6.18 Å². The van der Waals surface area contributed by atoms with Crippen molar-refractivity contribution in [3.63, 3.8) is 0 Å². The van der Waals surface area contributed by atoms with Gasteiger partial charge in [-0.1, -0.05) is 0 Å². The quantitative estimate of drug-likeness (QED) is 0.910. The Morgan fingerprint density at radius 1 is 1.00 bits per heavy atom. The highest BCUT2D eigenvalue weighted by Crippen LogP contribution is 2.31. The van der Waals surface area contributed by atoms with Crippen LogP contribution in [0.2, 0.25) is 0 Å². The van der Waals surface area contributed by atoms with E-state index in [0.717, 1.165) is 50.2 Å². The van der Waals surface area contributed by atoms with Crippen LogP contribution in [0.4, 0.5) is 13.2 Å². The maximum atomic E-state index is 12.5. The summed E-state index contributed by atoms with van der Waals surface area (Å²) in [4.78, 5) is 2.25. The average molecular weight is 348 g/mol. The second kappa shape index (κ2) is 6.07. The Hall–Kier alpha value is -1.12. The topological polar surface area (TPSA) is 49.4 Å². The van der Waals surface area contributed by atoms with Gasteiger partial charge in [0.25, 0.3) is 0 Å². The Balaban J connectivity index is 1.62. The minimum absolute atomic E-state index is 0.130. The maximum absolute atomic E-state index is 12.5. The summed E-state index contributed by atoms with van der Waals surface area (Å²) < 4.78 is 64.8. The number of hydrogen-bond donors (Lipinski definition) is 1. The van der Waals surface area contributed by atoms with Gasteiger partial charge in [-0.05, 0) is 63.0 Å². The molecule has 0 radical (unpaired) electrons. The predicted molar refractivity (Wildman–Crippen MR) is 79.4 cm³/mol. The van der Waals surface area contributed by atoms with Crippen LogP contribution in [-0.2, 0) is 16.2 Å². The van der Waals surface area contributed by atoms with E-state index in [1.165, 1.54) is 12.8 Å². The summed E-state index contributed by atoms with van der Waals surface area (Å²) >= 11 is 0. The van der Waals surface area contributed by atoms with Gasteiger partial charge < -0.3 is 4.90 Å². The van der Waals surface area contributed by atoms with Gasteiger partial charge in [-0.15, -0.1) is 0 Å². The van der Waals surface area contributed by atoms with Gasteiger partial charge in [0.05, 0.1) is 10.5 Å². The van der Waals surface area contributed by atoms with Crippen molar-refractivity contribution in [3.05, 3.63) is 29.8 Å². The van der Waals surface area contributed by atoms with Crippen molar-refractivity contribution in [2.45, 2.75) is 48.8 Å². The second-order valence-corrected chi connectivity index (χ2v) is 7.90. The van der Waals surface area contributed by atoms with E-state index in [4.69, 9.17) is 0 Å². The number of benzene rings is 1. The van der Waals surface area contributed by atoms with Crippen LogP contribution in [0, 0.1) is 0 Å². The number of rotatable bonds is 4. The summed E-state index contributed by atoms with van der Waals surface area (Å²) in [5.74, 6) is 0. The van der Waals surface area contributed by atoms with Crippen molar-refractivity contribution in [1.29, 1.82) is 0 Å². The summed E-state index contributed by atoms with van der Waals surface area (Å²) in [7, 11) is -3.78. The zero-order valence-electron chi connectivity index (χ0n) is 12.5. The molecule has 1 heterocycles. The van der Waals surface area contributed by atoms with Crippen LogP contribution in [0.15, 0.2) is 29.2 Å². The van der Waals surface area contributed by atoms with Gasteiger partial charge in [0, 0.05) is 12.1 Å². The molecule has 1 aromatic carbocycles. The number of sulfonamides is 1. The zero-order chi connectivity index (χ0) is 16.7. The van der Waals surface area contributed by atoms with E-state index in [2.05, 4.69) is 9.62 Å². The summed E-state index contributed by atoms with van der Waals surface area (Å²) in [6.45, 7) is 1.73. The highest BCUT2D eigenvalue weighted by atomic mass is 32.2. The zero-order valence-corrected chi connectivity index (χ0v) is 13.3. The molecule has 0 aromatic heterocycles. The molecule has 0 spiro atoms. The van der Waals surface area contributed by atoms with E-state index in [1.807, 2.05) is 0 Å². The Morgan fingerprint density at radius 3 is 2.04 bits per heavy atom. The molecule has 4 nitrogen and oxygen atoms in total. The minimum atomic E-state index is -4.47. The molecular weight excluding hydrogens is 329 g/mol. The third kappa shape index (κ3) is 4.05. The largest absolute Gasteiger partial charge is 0.416 e. The van der Waals surface area contributed by atoms with Crippen LogP contribution in [0.25, 0.3) is 0 Å². The van der Waals surface area contributed by atoms with Crippen molar-refractivity contribution >= 4 is 10.0 Å². The molecule has 2 aliphatic rings. The lowest BCUT2D eigenvalue weighted by Gasteiger charge is -2.32. The minimum Gasteiger partial charge on any atom is -0.300 e. The van der Waals surface area contributed by atoms with E-state index < -0.39 is 21.8 Å². The van der Waals surface area contributed by atoms with Gasteiger partial charge in [0.2, 0.25) is 10.0 Å². The van der Waals surface area contributed by atoms with Crippen molar-refractivity contribution in [1.82, 2.24) is 9.62 Å². The molecular formula is C15H19F3N2O2S. The highest BCUT2D eigenvalue weighted by molar-refractivity contribution is 7.89. The van der Waals surface area contributed by atoms with Gasteiger partial charge in [-0.25, -0.2) is 13.1 Å². The van der Waals surface area contributed by atoms with E-state index >= 15 is 0 Å². The van der Waals surface area contributed by atoms with Crippen LogP contribution in [-0.4, -0.2) is 38.5 Å². The molecule has 1 aliphatic carbocycles. The molecule has 1 saturated heterocycles. The van der Waals surface area contributed by atoms with E-state index in [0.29, 0.717) is 6.04 Å². The van der Waals surface area contributed by atoms with Crippen LogP contribution >= 0.6 is 0 Å². The number of halogens is 3. The first-order valence-corrected chi connectivity index (χ1v) is 9.18. The van der Waals surface area contributed by atoms with Crippen LogP contribution in [0.5, 0.6) is 0 Å². The summed E-state index contributed by atoms with van der Waals surface area (Å²) in [5.41, 5.74) is -0.853. The number of piperidine rings is 1. The third-order valence-electron chi connectivity index (χ3n) is 4.41. The van der Waals surface area contributed by atoms with E-state index in [1.54, 1.807) is 0 Å². The first-order valence-electron chi connectivity index (χ1n) is 7.69. The standard InChI is InChI=1S/C15H19F3N2O2S/c16-15(17,18)11-1-5-14(6-2-11)23(21,22)19-12-7-9-20(10-8-12)13-3-4-13/h1-2,5-6,12-13,19H,3-4,7-10H2. The molecule has 0 unspecified atom stereocenters. The molecule has 8 heteroatoms. The van der Waals surface area contributed by atoms with Gasteiger partial charge in [-0.2, -0.15) is 13.2 Å². The van der Waals surface area contributed by atoms with Crippen LogP contribution in [0.3, 0.4) is 0 Å². The Kier molecular flexibility index (Phi) is 4.41. The summed E-state index contributed by atoms with van der Waals surface area (Å²) in [6, 6.07) is 4.11. The monoisotopic (exact) mass is 348 g/mol.